The number of rotatable bonds is 4. The molecule has 0 aromatic heterocycles. The largest absolute Gasteiger partial charge is 0.496 e. The Balaban J connectivity index is 3.39. The van der Waals surface area contributed by atoms with Crippen molar-refractivity contribution < 1.29 is 20.4 Å². The molecule has 0 N–H and O–H groups in total. The van der Waals surface area contributed by atoms with Crippen LogP contribution in [0, 0.1) is 0 Å². The number of hydrogen-bond acceptors (Lipinski definition) is 4. The first-order valence-corrected chi connectivity index (χ1v) is 3.95. The highest BCUT2D eigenvalue weighted by Crippen LogP contribution is 2.32. The number of hydrogen-bond donors (Lipinski definition) is 0. The summed E-state index contributed by atoms with van der Waals surface area (Å²) in [7, 11) is 4.33. The third kappa shape index (κ3) is 1.79. The first kappa shape index (κ1) is 8.87. The molecule has 14 heavy (non-hydrogen) atoms. The minimum Gasteiger partial charge on any atom is -0.496 e. The molecule has 0 amide bonds. The van der Waals surface area contributed by atoms with Crippen LogP contribution in [0.2, 0.25) is 0 Å². The van der Waals surface area contributed by atoms with E-state index in [2.05, 4.69) is 0 Å². The van der Waals surface area contributed by atoms with Gasteiger partial charge in [-0.1, -0.05) is 0 Å². The second-order valence-corrected chi connectivity index (χ2v) is 2.51. The first-order chi connectivity index (χ1) is 7.13. The SMILES string of the molecule is [2H]C(=O)c1c(OC)cc(OC)cc1OC. The van der Waals surface area contributed by atoms with Gasteiger partial charge < -0.3 is 14.2 Å². The Morgan fingerprint density at radius 3 is 1.93 bits per heavy atom. The highest BCUT2D eigenvalue weighted by molar-refractivity contribution is 5.84. The van der Waals surface area contributed by atoms with Gasteiger partial charge in [-0.25, -0.2) is 0 Å². The molecular weight excluding hydrogens is 184 g/mol. The fourth-order valence-electron chi connectivity index (χ4n) is 1.11. The lowest BCUT2D eigenvalue weighted by atomic mass is 10.2. The number of carbonyl (C=O) groups excluding carboxylic acids is 1. The molecule has 0 aliphatic carbocycles. The molecule has 0 heterocycles. The third-order valence-electron chi connectivity index (χ3n) is 1.82. The molecule has 0 aliphatic rings. The molecule has 1 aromatic rings. The van der Waals surface area contributed by atoms with E-state index in [1.165, 1.54) is 33.5 Å². The Hall–Kier alpha value is -1.71. The van der Waals surface area contributed by atoms with Crippen molar-refractivity contribution in [1.29, 1.82) is 0 Å². The van der Waals surface area contributed by atoms with E-state index in [1.54, 1.807) is 0 Å². The lowest BCUT2D eigenvalue weighted by molar-refractivity contribution is 0.111. The summed E-state index contributed by atoms with van der Waals surface area (Å²) in [6, 6.07) is 3.06. The maximum Gasteiger partial charge on any atom is 0.157 e. The van der Waals surface area contributed by atoms with E-state index in [4.69, 9.17) is 15.6 Å². The van der Waals surface area contributed by atoms with Crippen LogP contribution < -0.4 is 14.2 Å². The Kier molecular flexibility index (Phi) is 2.85. The van der Waals surface area contributed by atoms with E-state index in [-0.39, 0.29) is 17.1 Å². The summed E-state index contributed by atoms with van der Waals surface area (Å²) in [4.78, 5) is 11.1. The number of ether oxygens (including phenoxy) is 3. The van der Waals surface area contributed by atoms with Gasteiger partial charge in [-0.15, -0.1) is 0 Å². The maximum atomic E-state index is 11.1. The molecular formula is C10H12O4. The van der Waals surface area contributed by atoms with Crippen molar-refractivity contribution in [2.45, 2.75) is 0 Å². The van der Waals surface area contributed by atoms with E-state index < -0.39 is 6.26 Å². The number of methoxy groups -OCH3 is 3. The molecule has 0 bridgehead atoms. The summed E-state index contributed by atoms with van der Waals surface area (Å²) < 4.78 is 22.1. The lowest BCUT2D eigenvalue weighted by Crippen LogP contribution is -1.96. The number of aldehydes is 1. The van der Waals surface area contributed by atoms with E-state index in [1.807, 2.05) is 0 Å². The van der Waals surface area contributed by atoms with Gasteiger partial charge in [-0.2, -0.15) is 0 Å². The van der Waals surface area contributed by atoms with Crippen LogP contribution in [0.4, 0.5) is 0 Å². The van der Waals surface area contributed by atoms with E-state index in [9.17, 15) is 4.79 Å². The molecule has 0 spiro atoms. The molecule has 1 aromatic carbocycles. The monoisotopic (exact) mass is 197 g/mol. The summed E-state index contributed by atoms with van der Waals surface area (Å²) in [5.74, 6) is 1.05. The smallest absolute Gasteiger partial charge is 0.157 e. The van der Waals surface area contributed by atoms with Crippen LogP contribution in [-0.2, 0) is 0 Å². The van der Waals surface area contributed by atoms with Gasteiger partial charge in [0.05, 0.1) is 26.9 Å². The predicted molar refractivity (Wildman–Crippen MR) is 51.5 cm³/mol. The summed E-state index contributed by atoms with van der Waals surface area (Å²) in [6.07, 6.45) is -0.855. The van der Waals surface area contributed by atoms with Gasteiger partial charge in [-0.05, 0) is 0 Å². The Morgan fingerprint density at radius 2 is 1.64 bits per heavy atom. The normalized spacial score (nSPS) is 10.4. The van der Waals surface area contributed by atoms with E-state index in [0.717, 1.165) is 0 Å². The van der Waals surface area contributed by atoms with Crippen molar-refractivity contribution in [2.75, 3.05) is 21.3 Å². The first-order valence-electron chi connectivity index (χ1n) is 4.45. The van der Waals surface area contributed by atoms with Gasteiger partial charge in [-0.3, -0.25) is 4.79 Å². The van der Waals surface area contributed by atoms with Crippen molar-refractivity contribution >= 4 is 6.26 Å². The van der Waals surface area contributed by atoms with Crippen LogP contribution in [0.5, 0.6) is 17.2 Å². The molecule has 0 radical (unpaired) electrons. The molecule has 0 atom stereocenters. The third-order valence-corrected chi connectivity index (χ3v) is 1.82. The van der Waals surface area contributed by atoms with Gasteiger partial charge in [0.1, 0.15) is 18.6 Å². The molecule has 1 rings (SSSR count). The maximum absolute atomic E-state index is 11.1. The molecule has 0 unspecified atom stereocenters. The minimum atomic E-state index is -0.855. The molecule has 0 fully saturated rings. The van der Waals surface area contributed by atoms with Crippen molar-refractivity contribution in [3.05, 3.63) is 17.7 Å². The second kappa shape index (κ2) is 4.50. The van der Waals surface area contributed by atoms with Gasteiger partial charge in [0.15, 0.2) is 6.26 Å². The fourth-order valence-corrected chi connectivity index (χ4v) is 1.11. The van der Waals surface area contributed by atoms with Crippen molar-refractivity contribution in [2.24, 2.45) is 0 Å². The summed E-state index contributed by atoms with van der Waals surface area (Å²) in [5.41, 5.74) is 0.0980. The number of benzene rings is 1. The predicted octanol–water partition coefficient (Wildman–Crippen LogP) is 1.52. The lowest BCUT2D eigenvalue weighted by Gasteiger charge is -2.10. The Bertz CT molecular complexity index is 351. The van der Waals surface area contributed by atoms with Crippen LogP contribution in [0.3, 0.4) is 0 Å². The molecule has 0 saturated heterocycles. The fraction of sp³-hybridized carbons (Fsp3) is 0.300. The van der Waals surface area contributed by atoms with Crippen molar-refractivity contribution in [1.82, 2.24) is 0 Å². The topological polar surface area (TPSA) is 44.8 Å². The second-order valence-electron chi connectivity index (χ2n) is 2.51. The highest BCUT2D eigenvalue weighted by Gasteiger charge is 2.11. The van der Waals surface area contributed by atoms with Gasteiger partial charge in [0.2, 0.25) is 0 Å². The average Bonchev–Trinajstić information content (AvgIpc) is 2.26. The van der Waals surface area contributed by atoms with Crippen LogP contribution in [-0.4, -0.2) is 27.6 Å². The van der Waals surface area contributed by atoms with Gasteiger partial charge >= 0.3 is 0 Å². The zero-order valence-corrected chi connectivity index (χ0v) is 8.29. The van der Waals surface area contributed by atoms with Gasteiger partial charge in [0.25, 0.3) is 0 Å². The average molecular weight is 197 g/mol. The quantitative estimate of drug-likeness (QED) is 0.686. The molecule has 76 valence electrons. The number of carbonyl (C=O) groups is 1. The van der Waals surface area contributed by atoms with Crippen LogP contribution in [0.1, 0.15) is 11.7 Å². The highest BCUT2D eigenvalue weighted by atomic mass is 16.5. The Labute approximate surface area is 83.8 Å². The summed E-state index contributed by atoms with van der Waals surface area (Å²) >= 11 is 0. The molecule has 0 aliphatic heterocycles. The Morgan fingerprint density at radius 1 is 1.14 bits per heavy atom. The molecule has 4 nitrogen and oxygen atoms in total. The van der Waals surface area contributed by atoms with Crippen LogP contribution >= 0.6 is 0 Å². The van der Waals surface area contributed by atoms with Crippen molar-refractivity contribution in [3.63, 3.8) is 0 Å². The van der Waals surface area contributed by atoms with Crippen molar-refractivity contribution in [3.8, 4) is 17.2 Å². The zero-order chi connectivity index (χ0) is 11.4. The molecule has 4 heteroatoms. The van der Waals surface area contributed by atoms with Crippen LogP contribution in [0.25, 0.3) is 0 Å². The van der Waals surface area contributed by atoms with Crippen LogP contribution in [0.15, 0.2) is 12.1 Å². The van der Waals surface area contributed by atoms with Gasteiger partial charge in [0, 0.05) is 12.1 Å². The summed E-state index contributed by atoms with van der Waals surface area (Å²) in [6.45, 7) is 0. The van der Waals surface area contributed by atoms with E-state index in [0.29, 0.717) is 5.75 Å². The standard InChI is InChI=1S/C10H12O4/c1-12-7-4-9(13-2)8(6-11)10(5-7)14-3/h4-6H,1-3H3/i6D. The zero-order valence-electron chi connectivity index (χ0n) is 9.29. The molecule has 0 saturated carbocycles. The minimum absolute atomic E-state index is 0.0980. The van der Waals surface area contributed by atoms with E-state index >= 15 is 0 Å². The summed E-state index contributed by atoms with van der Waals surface area (Å²) in [5, 5.41) is 0.